The van der Waals surface area contributed by atoms with Gasteiger partial charge in [0.15, 0.2) is 17.5 Å². The Morgan fingerprint density at radius 3 is 2.24 bits per heavy atom. The molecule has 1 rings (SSSR count). The molecule has 0 aliphatic rings. The van der Waals surface area contributed by atoms with Crippen LogP contribution in [0, 0.1) is 0 Å². The van der Waals surface area contributed by atoms with Gasteiger partial charge in [0.2, 0.25) is 5.75 Å². The summed E-state index contributed by atoms with van der Waals surface area (Å²) in [6.07, 6.45) is 0.782. The first-order chi connectivity index (χ1) is 9.71. The summed E-state index contributed by atoms with van der Waals surface area (Å²) in [5.41, 5.74) is 1.05. The first kappa shape index (κ1) is 19.6. The van der Waals surface area contributed by atoms with Gasteiger partial charge in [-0.15, -0.1) is 24.0 Å². The van der Waals surface area contributed by atoms with Crippen molar-refractivity contribution in [3.05, 3.63) is 17.7 Å². The molecule has 0 saturated carbocycles. The van der Waals surface area contributed by atoms with Crippen LogP contribution in [0.3, 0.4) is 0 Å². The Morgan fingerprint density at radius 2 is 1.76 bits per heavy atom. The number of methoxy groups -OCH3 is 3. The van der Waals surface area contributed by atoms with E-state index >= 15 is 0 Å². The maximum atomic E-state index is 5.44. The molecule has 0 unspecified atom stereocenters. The lowest BCUT2D eigenvalue weighted by atomic mass is 10.1. The van der Waals surface area contributed by atoms with E-state index in [2.05, 4.69) is 15.6 Å². The number of rotatable bonds is 6. The number of ether oxygens (including phenoxy) is 3. The van der Waals surface area contributed by atoms with E-state index in [0.29, 0.717) is 17.2 Å². The van der Waals surface area contributed by atoms with Gasteiger partial charge in [0.1, 0.15) is 0 Å². The van der Waals surface area contributed by atoms with Crippen LogP contribution in [0.1, 0.15) is 5.56 Å². The van der Waals surface area contributed by atoms with Crippen LogP contribution in [-0.4, -0.2) is 47.9 Å². The summed E-state index contributed by atoms with van der Waals surface area (Å²) in [6.45, 7) is 0.735. The first-order valence-electron chi connectivity index (χ1n) is 6.38. The summed E-state index contributed by atoms with van der Waals surface area (Å²) in [6, 6.07) is 3.85. The molecule has 1 aromatic carbocycles. The second kappa shape index (κ2) is 10.4. The molecular weight excluding hydrogens is 385 g/mol. The van der Waals surface area contributed by atoms with E-state index in [0.717, 1.165) is 24.5 Å². The van der Waals surface area contributed by atoms with Crippen molar-refractivity contribution in [2.24, 2.45) is 4.99 Å². The van der Waals surface area contributed by atoms with Gasteiger partial charge in [0.05, 0.1) is 21.3 Å². The van der Waals surface area contributed by atoms with Crippen molar-refractivity contribution in [1.82, 2.24) is 10.6 Å². The maximum Gasteiger partial charge on any atom is 0.203 e. The Morgan fingerprint density at radius 1 is 1.10 bits per heavy atom. The van der Waals surface area contributed by atoms with Gasteiger partial charge in [-0.25, -0.2) is 0 Å². The third-order valence-electron chi connectivity index (χ3n) is 2.93. The van der Waals surface area contributed by atoms with Gasteiger partial charge >= 0.3 is 0 Å². The second-order valence-corrected chi connectivity index (χ2v) is 3.99. The van der Waals surface area contributed by atoms with Crippen LogP contribution in [0.25, 0.3) is 0 Å². The molecule has 2 N–H and O–H groups in total. The molecule has 0 aliphatic carbocycles. The predicted molar refractivity (Wildman–Crippen MR) is 95.6 cm³/mol. The fourth-order valence-corrected chi connectivity index (χ4v) is 1.95. The van der Waals surface area contributed by atoms with Crippen molar-refractivity contribution in [3.8, 4) is 17.2 Å². The lowest BCUT2D eigenvalue weighted by Gasteiger charge is -2.16. The highest BCUT2D eigenvalue weighted by atomic mass is 127. The molecule has 0 saturated heterocycles. The zero-order chi connectivity index (χ0) is 15.0. The van der Waals surface area contributed by atoms with E-state index in [4.69, 9.17) is 14.2 Å². The fourth-order valence-electron chi connectivity index (χ4n) is 1.95. The summed E-state index contributed by atoms with van der Waals surface area (Å²) < 4.78 is 16.1. The highest BCUT2D eigenvalue weighted by Gasteiger charge is 2.15. The lowest BCUT2D eigenvalue weighted by molar-refractivity contribution is 0.322. The third-order valence-corrected chi connectivity index (χ3v) is 2.93. The Labute approximate surface area is 143 Å². The number of halogens is 1. The topological polar surface area (TPSA) is 64.1 Å². The predicted octanol–water partition coefficient (Wildman–Crippen LogP) is 1.67. The van der Waals surface area contributed by atoms with Crippen LogP contribution in [0.15, 0.2) is 17.1 Å². The van der Waals surface area contributed by atoms with Crippen molar-refractivity contribution in [2.75, 3.05) is 42.0 Å². The standard InChI is InChI=1S/C14H23N3O3.HI/c1-15-14(16-2)17-9-8-10-6-7-11(18-3)13(20-5)12(10)19-4;/h6-7H,8-9H2,1-5H3,(H2,15,16,17);1H. The number of hydrogen-bond donors (Lipinski definition) is 2. The number of aliphatic imine (C=N–C) groups is 1. The largest absolute Gasteiger partial charge is 0.493 e. The van der Waals surface area contributed by atoms with Gasteiger partial charge in [-0.05, 0) is 12.5 Å². The summed E-state index contributed by atoms with van der Waals surface area (Å²) in [7, 11) is 8.39. The van der Waals surface area contributed by atoms with Crippen LogP contribution in [0.2, 0.25) is 0 Å². The minimum atomic E-state index is 0. The number of benzene rings is 1. The molecule has 0 amide bonds. The zero-order valence-corrected chi connectivity index (χ0v) is 15.5. The van der Waals surface area contributed by atoms with Crippen molar-refractivity contribution in [1.29, 1.82) is 0 Å². The number of guanidine groups is 1. The summed E-state index contributed by atoms with van der Waals surface area (Å²) in [5, 5.41) is 6.17. The van der Waals surface area contributed by atoms with E-state index in [-0.39, 0.29) is 24.0 Å². The SMILES string of the molecule is CN=C(NC)NCCc1ccc(OC)c(OC)c1OC.I. The van der Waals surface area contributed by atoms with Crippen LogP contribution in [0.5, 0.6) is 17.2 Å². The molecule has 7 heteroatoms. The number of nitrogens with one attached hydrogen (secondary N) is 2. The monoisotopic (exact) mass is 409 g/mol. The van der Waals surface area contributed by atoms with Crippen molar-refractivity contribution >= 4 is 29.9 Å². The molecule has 0 bridgehead atoms. The van der Waals surface area contributed by atoms with Crippen LogP contribution >= 0.6 is 24.0 Å². The van der Waals surface area contributed by atoms with E-state index in [1.165, 1.54) is 0 Å². The van der Waals surface area contributed by atoms with Gasteiger partial charge < -0.3 is 24.8 Å². The van der Waals surface area contributed by atoms with Crippen molar-refractivity contribution in [2.45, 2.75) is 6.42 Å². The first-order valence-corrected chi connectivity index (χ1v) is 6.38. The molecule has 0 heterocycles. The lowest BCUT2D eigenvalue weighted by Crippen LogP contribution is -2.35. The normalized spacial score (nSPS) is 10.4. The van der Waals surface area contributed by atoms with Crippen molar-refractivity contribution < 1.29 is 14.2 Å². The Hall–Kier alpha value is -1.38. The highest BCUT2D eigenvalue weighted by Crippen LogP contribution is 2.39. The van der Waals surface area contributed by atoms with Crippen LogP contribution in [-0.2, 0) is 6.42 Å². The van der Waals surface area contributed by atoms with Gasteiger partial charge in [-0.1, -0.05) is 6.07 Å². The second-order valence-electron chi connectivity index (χ2n) is 3.99. The average Bonchev–Trinajstić information content (AvgIpc) is 2.50. The quantitative estimate of drug-likeness (QED) is 0.425. The molecular formula is C14H24IN3O3. The van der Waals surface area contributed by atoms with Gasteiger partial charge in [-0.3, -0.25) is 4.99 Å². The molecule has 1 aromatic rings. The molecule has 6 nitrogen and oxygen atoms in total. The summed E-state index contributed by atoms with van der Waals surface area (Å²) in [4.78, 5) is 4.06. The third kappa shape index (κ3) is 5.14. The molecule has 0 atom stereocenters. The Balaban J connectivity index is 0.00000400. The summed E-state index contributed by atoms with van der Waals surface area (Å²) in [5.74, 6) is 2.73. The molecule has 0 spiro atoms. The highest BCUT2D eigenvalue weighted by molar-refractivity contribution is 14.0. The molecule has 0 radical (unpaired) electrons. The van der Waals surface area contributed by atoms with E-state index in [1.807, 2.05) is 19.2 Å². The van der Waals surface area contributed by atoms with Gasteiger partial charge in [-0.2, -0.15) is 0 Å². The van der Waals surface area contributed by atoms with E-state index in [1.54, 1.807) is 28.4 Å². The fraction of sp³-hybridized carbons (Fsp3) is 0.500. The number of nitrogens with zero attached hydrogens (tertiary/aromatic N) is 1. The average molecular weight is 409 g/mol. The van der Waals surface area contributed by atoms with Crippen LogP contribution < -0.4 is 24.8 Å². The summed E-state index contributed by atoms with van der Waals surface area (Å²) >= 11 is 0. The van der Waals surface area contributed by atoms with E-state index in [9.17, 15) is 0 Å². The van der Waals surface area contributed by atoms with Crippen molar-refractivity contribution in [3.63, 3.8) is 0 Å². The van der Waals surface area contributed by atoms with Crippen LogP contribution in [0.4, 0.5) is 0 Å². The molecule has 21 heavy (non-hydrogen) atoms. The number of hydrogen-bond acceptors (Lipinski definition) is 4. The van der Waals surface area contributed by atoms with Gasteiger partial charge in [0, 0.05) is 26.2 Å². The minimum Gasteiger partial charge on any atom is -0.493 e. The molecule has 0 aliphatic heterocycles. The Bertz CT molecular complexity index is 467. The molecule has 120 valence electrons. The molecule has 0 fully saturated rings. The maximum absolute atomic E-state index is 5.44. The smallest absolute Gasteiger partial charge is 0.203 e. The minimum absolute atomic E-state index is 0. The van der Waals surface area contributed by atoms with Gasteiger partial charge in [0.25, 0.3) is 0 Å². The molecule has 0 aromatic heterocycles. The zero-order valence-electron chi connectivity index (χ0n) is 13.1. The Kier molecular flexibility index (Phi) is 9.68. The van der Waals surface area contributed by atoms with E-state index < -0.39 is 0 Å².